The summed E-state index contributed by atoms with van der Waals surface area (Å²) in [6, 6.07) is 7.20. The molecule has 2 atom stereocenters. The molecule has 2 aliphatic rings. The number of nitrogens with zero attached hydrogens (tertiary/aromatic N) is 3. The van der Waals surface area contributed by atoms with Gasteiger partial charge in [-0.25, -0.2) is 4.79 Å². The van der Waals surface area contributed by atoms with Crippen molar-refractivity contribution in [3.05, 3.63) is 53.9 Å². The van der Waals surface area contributed by atoms with E-state index in [2.05, 4.69) is 25.8 Å². The number of rotatable bonds is 10. The Bertz CT molecular complexity index is 1200. The Labute approximate surface area is 233 Å². The van der Waals surface area contributed by atoms with E-state index in [4.69, 9.17) is 4.74 Å². The van der Waals surface area contributed by atoms with Crippen molar-refractivity contribution >= 4 is 35.2 Å². The monoisotopic (exact) mass is 552 g/mol. The molecule has 0 spiro atoms. The van der Waals surface area contributed by atoms with Crippen molar-refractivity contribution in [2.24, 2.45) is 0 Å². The molecule has 1 aromatic heterocycles. The summed E-state index contributed by atoms with van der Waals surface area (Å²) in [4.78, 5) is 57.9. The third-order valence-corrected chi connectivity index (χ3v) is 6.95. The van der Waals surface area contributed by atoms with E-state index in [1.807, 2.05) is 11.8 Å². The first-order chi connectivity index (χ1) is 19.4. The van der Waals surface area contributed by atoms with Crippen LogP contribution in [-0.4, -0.2) is 84.2 Å². The van der Waals surface area contributed by atoms with E-state index in [1.54, 1.807) is 36.5 Å². The summed E-state index contributed by atoms with van der Waals surface area (Å²) in [6.07, 6.45) is 4.83. The van der Waals surface area contributed by atoms with E-state index in [0.29, 0.717) is 50.6 Å². The molecule has 2 fully saturated rings. The SMILES string of the molecule is CCCNC(=O)Nc1cc(C(=O)NC(CC(=O)O)c2cccnc2)ccc1N1CCN(C(=O)C2CCCO2)CC1. The number of ether oxygens (including phenoxy) is 1. The number of aliphatic carboxylic acids is 1. The predicted molar refractivity (Wildman–Crippen MR) is 148 cm³/mol. The maximum absolute atomic E-state index is 13.2. The number of hydrogen-bond acceptors (Lipinski definition) is 7. The van der Waals surface area contributed by atoms with E-state index < -0.39 is 23.9 Å². The highest BCUT2D eigenvalue weighted by molar-refractivity contribution is 6.00. The molecule has 12 nitrogen and oxygen atoms in total. The smallest absolute Gasteiger partial charge is 0.319 e. The Morgan fingerprint density at radius 3 is 2.60 bits per heavy atom. The van der Waals surface area contributed by atoms with Crippen LogP contribution < -0.4 is 20.9 Å². The second kappa shape index (κ2) is 13.7. The lowest BCUT2D eigenvalue weighted by Gasteiger charge is -2.37. The number of piperazine rings is 1. The Hall–Kier alpha value is -4.19. The second-order valence-electron chi connectivity index (χ2n) is 9.84. The minimum Gasteiger partial charge on any atom is -0.481 e. The third-order valence-electron chi connectivity index (χ3n) is 6.95. The molecule has 2 aromatic rings. The molecule has 0 bridgehead atoms. The highest BCUT2D eigenvalue weighted by Crippen LogP contribution is 2.29. The molecule has 4 amide bonds. The van der Waals surface area contributed by atoms with E-state index in [9.17, 15) is 24.3 Å². The van der Waals surface area contributed by atoms with Gasteiger partial charge in [0.05, 0.1) is 23.8 Å². The number of pyridine rings is 1. The molecule has 1 aromatic carbocycles. The summed E-state index contributed by atoms with van der Waals surface area (Å²) in [7, 11) is 0. The van der Waals surface area contributed by atoms with Gasteiger partial charge in [0.2, 0.25) is 0 Å². The molecule has 0 aliphatic carbocycles. The first-order valence-electron chi connectivity index (χ1n) is 13.6. The highest BCUT2D eigenvalue weighted by Gasteiger charge is 2.31. The van der Waals surface area contributed by atoms with Crippen molar-refractivity contribution in [3.63, 3.8) is 0 Å². The summed E-state index contributed by atoms with van der Waals surface area (Å²) in [6.45, 7) is 5.20. The van der Waals surface area contributed by atoms with Gasteiger partial charge in [-0.1, -0.05) is 13.0 Å². The molecule has 0 radical (unpaired) electrons. The minimum absolute atomic E-state index is 0.0194. The third kappa shape index (κ3) is 7.47. The van der Waals surface area contributed by atoms with E-state index in [-0.39, 0.29) is 24.0 Å². The van der Waals surface area contributed by atoms with Crippen LogP contribution in [0, 0.1) is 0 Å². The van der Waals surface area contributed by atoms with Crippen molar-refractivity contribution in [2.45, 2.75) is 44.8 Å². The van der Waals surface area contributed by atoms with Crippen LogP contribution in [0.5, 0.6) is 0 Å². The van der Waals surface area contributed by atoms with Gasteiger partial charge in [-0.2, -0.15) is 0 Å². The summed E-state index contributed by atoms with van der Waals surface area (Å²) in [5.41, 5.74) is 2.00. The predicted octanol–water partition coefficient (Wildman–Crippen LogP) is 2.39. The zero-order chi connectivity index (χ0) is 28.5. The van der Waals surface area contributed by atoms with Crippen molar-refractivity contribution in [3.8, 4) is 0 Å². The Morgan fingerprint density at radius 2 is 1.95 bits per heavy atom. The number of urea groups is 1. The highest BCUT2D eigenvalue weighted by atomic mass is 16.5. The number of aromatic nitrogens is 1. The Balaban J connectivity index is 1.51. The number of amides is 4. The van der Waals surface area contributed by atoms with Gasteiger partial charge in [-0.05, 0) is 49.1 Å². The number of carboxylic acids is 1. The van der Waals surface area contributed by atoms with Crippen LogP contribution in [0.4, 0.5) is 16.2 Å². The molecule has 12 heteroatoms. The number of anilines is 2. The van der Waals surface area contributed by atoms with Crippen molar-refractivity contribution in [1.29, 1.82) is 0 Å². The van der Waals surface area contributed by atoms with Gasteiger partial charge < -0.3 is 35.6 Å². The molecule has 2 unspecified atom stereocenters. The van der Waals surface area contributed by atoms with Gasteiger partial charge in [0.25, 0.3) is 11.8 Å². The summed E-state index contributed by atoms with van der Waals surface area (Å²) in [5.74, 6) is -1.52. The first kappa shape index (κ1) is 28.8. The Morgan fingerprint density at radius 1 is 1.15 bits per heavy atom. The maximum atomic E-state index is 13.2. The fourth-order valence-electron chi connectivity index (χ4n) is 4.85. The van der Waals surface area contributed by atoms with Crippen LogP contribution >= 0.6 is 0 Å². The molecular formula is C28H36N6O6. The summed E-state index contributed by atoms with van der Waals surface area (Å²) in [5, 5.41) is 17.8. The van der Waals surface area contributed by atoms with Crippen LogP contribution in [0.15, 0.2) is 42.7 Å². The fraction of sp³-hybridized carbons (Fsp3) is 0.464. The lowest BCUT2D eigenvalue weighted by atomic mass is 10.0. The quantitative estimate of drug-likeness (QED) is 0.351. The molecule has 40 heavy (non-hydrogen) atoms. The Kier molecular flexibility index (Phi) is 9.90. The maximum Gasteiger partial charge on any atom is 0.319 e. The van der Waals surface area contributed by atoms with Gasteiger partial charge in [-0.15, -0.1) is 0 Å². The van der Waals surface area contributed by atoms with Crippen molar-refractivity contribution in [1.82, 2.24) is 20.5 Å². The molecular weight excluding hydrogens is 516 g/mol. The lowest BCUT2D eigenvalue weighted by Crippen LogP contribution is -2.51. The average molecular weight is 553 g/mol. The molecule has 214 valence electrons. The second-order valence-corrected chi connectivity index (χ2v) is 9.84. The normalized spacial score (nSPS) is 17.7. The zero-order valence-corrected chi connectivity index (χ0v) is 22.6. The van der Waals surface area contributed by atoms with Crippen LogP contribution in [0.1, 0.15) is 54.6 Å². The fourth-order valence-corrected chi connectivity index (χ4v) is 4.85. The molecule has 4 rings (SSSR count). The molecule has 3 heterocycles. The van der Waals surface area contributed by atoms with Gasteiger partial charge >= 0.3 is 12.0 Å². The number of hydrogen-bond donors (Lipinski definition) is 4. The van der Waals surface area contributed by atoms with Crippen LogP contribution in [0.2, 0.25) is 0 Å². The van der Waals surface area contributed by atoms with Crippen LogP contribution in [-0.2, 0) is 14.3 Å². The van der Waals surface area contributed by atoms with E-state index in [0.717, 1.165) is 24.9 Å². The van der Waals surface area contributed by atoms with Crippen molar-refractivity contribution in [2.75, 3.05) is 49.5 Å². The van der Waals surface area contributed by atoms with Gasteiger partial charge in [0, 0.05) is 57.3 Å². The lowest BCUT2D eigenvalue weighted by molar-refractivity contribution is -0.141. The molecule has 0 saturated carbocycles. The van der Waals surface area contributed by atoms with Crippen LogP contribution in [0.3, 0.4) is 0 Å². The van der Waals surface area contributed by atoms with Gasteiger partial charge in [0.1, 0.15) is 6.10 Å². The number of carbonyl (C=O) groups is 4. The molecule has 2 aliphatic heterocycles. The number of nitrogens with one attached hydrogen (secondary N) is 3. The number of carbonyl (C=O) groups excluding carboxylic acids is 3. The number of benzene rings is 1. The summed E-state index contributed by atoms with van der Waals surface area (Å²) < 4.78 is 5.55. The number of carboxylic acid groups (broad SMARTS) is 1. The molecule has 2 saturated heterocycles. The minimum atomic E-state index is -1.06. The average Bonchev–Trinajstić information content (AvgIpc) is 3.51. The van der Waals surface area contributed by atoms with Crippen molar-refractivity contribution < 1.29 is 29.0 Å². The standard InChI is InChI=1S/C28H36N6O6/c1-2-9-30-28(39)32-22-16-19(26(37)31-21(17-25(35)36)20-5-3-10-29-18-20)7-8-23(22)33-11-13-34(14-12-33)27(38)24-6-4-15-40-24/h3,5,7-8,10,16,18,21,24H,2,4,6,9,11-15,17H2,1H3,(H,31,37)(H,35,36)(H2,30,32,39). The zero-order valence-electron chi connectivity index (χ0n) is 22.6. The van der Waals surface area contributed by atoms with E-state index >= 15 is 0 Å². The summed E-state index contributed by atoms with van der Waals surface area (Å²) >= 11 is 0. The largest absolute Gasteiger partial charge is 0.481 e. The topological polar surface area (TPSA) is 153 Å². The van der Waals surface area contributed by atoms with Crippen LogP contribution in [0.25, 0.3) is 0 Å². The first-order valence-corrected chi connectivity index (χ1v) is 13.6. The van der Waals surface area contributed by atoms with Gasteiger partial charge in [-0.3, -0.25) is 19.4 Å². The van der Waals surface area contributed by atoms with Gasteiger partial charge in [0.15, 0.2) is 0 Å². The molecule has 4 N–H and O–H groups in total. The van der Waals surface area contributed by atoms with E-state index in [1.165, 1.54) is 6.20 Å².